The van der Waals surface area contributed by atoms with Crippen molar-refractivity contribution >= 4 is 17.5 Å². The number of carbonyl (C=O) groups excluding carboxylic acids is 2. The quantitative estimate of drug-likeness (QED) is 0.887. The highest BCUT2D eigenvalue weighted by molar-refractivity contribution is 5.96. The van der Waals surface area contributed by atoms with Crippen LogP contribution in [0.3, 0.4) is 0 Å². The minimum atomic E-state index is -0.263. The number of hydrogen-bond acceptors (Lipinski definition) is 2. The Morgan fingerprint density at radius 1 is 1.15 bits per heavy atom. The van der Waals surface area contributed by atoms with E-state index in [2.05, 4.69) is 10.6 Å². The molecule has 0 bridgehead atoms. The molecule has 1 unspecified atom stereocenters. The molecule has 4 nitrogen and oxygen atoms in total. The molecule has 0 aliphatic rings. The first-order valence-corrected chi connectivity index (χ1v) is 6.96. The van der Waals surface area contributed by atoms with E-state index in [1.165, 1.54) is 0 Å². The van der Waals surface area contributed by atoms with Crippen LogP contribution in [0.1, 0.15) is 51.4 Å². The van der Waals surface area contributed by atoms with Crippen LogP contribution in [0.25, 0.3) is 0 Å². The van der Waals surface area contributed by atoms with Crippen LogP contribution in [0, 0.1) is 5.92 Å². The van der Waals surface area contributed by atoms with Crippen LogP contribution in [0.2, 0.25) is 0 Å². The Labute approximate surface area is 121 Å². The van der Waals surface area contributed by atoms with Crippen LogP contribution in [-0.4, -0.2) is 17.4 Å². The van der Waals surface area contributed by atoms with E-state index in [1.54, 1.807) is 24.3 Å². The number of anilines is 1. The minimum Gasteiger partial charge on any atom is -0.347 e. The third-order valence-electron chi connectivity index (χ3n) is 2.96. The standard InChI is InChI=1S/C16H24N2O2/c1-6-11(2)14(19)17-13-9-7-12(8-10-13)15(20)18-16(3,4)5/h7-11H,6H2,1-5H3,(H,17,19)(H,18,20). The molecule has 0 heterocycles. The van der Waals surface area contributed by atoms with Crippen molar-refractivity contribution in [2.45, 2.75) is 46.6 Å². The highest BCUT2D eigenvalue weighted by Crippen LogP contribution is 2.13. The maximum Gasteiger partial charge on any atom is 0.251 e. The summed E-state index contributed by atoms with van der Waals surface area (Å²) in [7, 11) is 0. The lowest BCUT2D eigenvalue weighted by Crippen LogP contribution is -2.40. The molecule has 20 heavy (non-hydrogen) atoms. The Morgan fingerprint density at radius 3 is 2.15 bits per heavy atom. The smallest absolute Gasteiger partial charge is 0.251 e. The summed E-state index contributed by atoms with van der Waals surface area (Å²) in [5.74, 6) is -0.129. The van der Waals surface area contributed by atoms with E-state index in [4.69, 9.17) is 0 Å². The van der Waals surface area contributed by atoms with Gasteiger partial charge in [0.05, 0.1) is 0 Å². The van der Waals surface area contributed by atoms with E-state index in [0.29, 0.717) is 11.3 Å². The maximum atomic E-state index is 11.9. The second kappa shape index (κ2) is 6.55. The van der Waals surface area contributed by atoms with Gasteiger partial charge in [-0.25, -0.2) is 0 Å². The number of rotatable bonds is 4. The third kappa shape index (κ3) is 5.03. The van der Waals surface area contributed by atoms with Gasteiger partial charge in [-0.2, -0.15) is 0 Å². The molecule has 0 saturated heterocycles. The van der Waals surface area contributed by atoms with Gasteiger partial charge < -0.3 is 10.6 Å². The van der Waals surface area contributed by atoms with Crippen molar-refractivity contribution in [2.75, 3.05) is 5.32 Å². The summed E-state index contributed by atoms with van der Waals surface area (Å²) >= 11 is 0. The van der Waals surface area contributed by atoms with Crippen LogP contribution >= 0.6 is 0 Å². The van der Waals surface area contributed by atoms with Crippen LogP contribution < -0.4 is 10.6 Å². The number of hydrogen-bond donors (Lipinski definition) is 2. The van der Waals surface area contributed by atoms with E-state index >= 15 is 0 Å². The summed E-state index contributed by atoms with van der Waals surface area (Å²) in [5.41, 5.74) is 1.03. The first kappa shape index (κ1) is 16.2. The Hall–Kier alpha value is -1.84. The van der Waals surface area contributed by atoms with Crippen LogP contribution in [0.15, 0.2) is 24.3 Å². The molecular weight excluding hydrogens is 252 g/mol. The fourth-order valence-corrected chi connectivity index (χ4v) is 1.57. The summed E-state index contributed by atoms with van der Waals surface area (Å²) in [6.45, 7) is 9.67. The maximum absolute atomic E-state index is 11.9. The summed E-state index contributed by atoms with van der Waals surface area (Å²) in [6.07, 6.45) is 0.803. The van der Waals surface area contributed by atoms with E-state index in [1.807, 2.05) is 34.6 Å². The Balaban J connectivity index is 2.69. The Morgan fingerprint density at radius 2 is 1.70 bits per heavy atom. The van der Waals surface area contributed by atoms with Crippen LogP contribution in [-0.2, 0) is 4.79 Å². The van der Waals surface area contributed by atoms with E-state index in [-0.39, 0.29) is 23.3 Å². The summed E-state index contributed by atoms with van der Waals surface area (Å²) < 4.78 is 0. The van der Waals surface area contributed by atoms with Gasteiger partial charge in [0.2, 0.25) is 5.91 Å². The molecule has 2 amide bonds. The summed E-state index contributed by atoms with van der Waals surface area (Å²) in [6, 6.07) is 6.93. The lowest BCUT2D eigenvalue weighted by atomic mass is 10.1. The van der Waals surface area contributed by atoms with Gasteiger partial charge in [-0.05, 0) is 51.5 Å². The molecule has 4 heteroatoms. The van der Waals surface area contributed by atoms with E-state index in [0.717, 1.165) is 6.42 Å². The molecule has 110 valence electrons. The van der Waals surface area contributed by atoms with Crippen LogP contribution in [0.5, 0.6) is 0 Å². The minimum absolute atomic E-state index is 0.000562. The summed E-state index contributed by atoms with van der Waals surface area (Å²) in [4.78, 5) is 23.7. The van der Waals surface area contributed by atoms with E-state index in [9.17, 15) is 9.59 Å². The van der Waals surface area contributed by atoms with Crippen molar-refractivity contribution in [3.05, 3.63) is 29.8 Å². The summed E-state index contributed by atoms with van der Waals surface area (Å²) in [5, 5.41) is 5.73. The molecular formula is C16H24N2O2. The monoisotopic (exact) mass is 276 g/mol. The average molecular weight is 276 g/mol. The lowest BCUT2D eigenvalue weighted by Gasteiger charge is -2.20. The zero-order chi connectivity index (χ0) is 15.3. The molecule has 0 radical (unpaired) electrons. The molecule has 0 spiro atoms. The van der Waals surface area contributed by atoms with Gasteiger partial charge in [0.25, 0.3) is 5.91 Å². The fourth-order valence-electron chi connectivity index (χ4n) is 1.57. The van der Waals surface area contributed by atoms with Crippen molar-refractivity contribution in [3.8, 4) is 0 Å². The van der Waals surface area contributed by atoms with Gasteiger partial charge in [0.15, 0.2) is 0 Å². The third-order valence-corrected chi connectivity index (χ3v) is 2.96. The molecule has 0 fully saturated rings. The Bertz CT molecular complexity index is 472. The van der Waals surface area contributed by atoms with Gasteiger partial charge in [-0.1, -0.05) is 13.8 Å². The first-order chi connectivity index (χ1) is 9.23. The van der Waals surface area contributed by atoms with Gasteiger partial charge in [-0.15, -0.1) is 0 Å². The second-order valence-corrected chi connectivity index (χ2v) is 6.08. The predicted molar refractivity (Wildman–Crippen MR) is 81.7 cm³/mol. The molecule has 0 aliphatic heterocycles. The normalized spacial score (nSPS) is 12.7. The molecule has 2 N–H and O–H groups in total. The topological polar surface area (TPSA) is 58.2 Å². The van der Waals surface area contributed by atoms with E-state index < -0.39 is 0 Å². The highest BCUT2D eigenvalue weighted by atomic mass is 16.2. The highest BCUT2D eigenvalue weighted by Gasteiger charge is 2.15. The van der Waals surface area contributed by atoms with Gasteiger partial charge in [-0.3, -0.25) is 9.59 Å². The van der Waals surface area contributed by atoms with Crippen molar-refractivity contribution in [2.24, 2.45) is 5.92 Å². The SMILES string of the molecule is CCC(C)C(=O)Nc1ccc(C(=O)NC(C)(C)C)cc1. The number of carbonyl (C=O) groups is 2. The van der Waals surface area contributed by atoms with Gasteiger partial charge in [0.1, 0.15) is 0 Å². The number of benzene rings is 1. The molecule has 1 aromatic carbocycles. The van der Waals surface area contributed by atoms with Crippen molar-refractivity contribution in [1.82, 2.24) is 5.32 Å². The van der Waals surface area contributed by atoms with Crippen molar-refractivity contribution in [3.63, 3.8) is 0 Å². The zero-order valence-corrected chi connectivity index (χ0v) is 12.9. The van der Waals surface area contributed by atoms with Crippen molar-refractivity contribution in [1.29, 1.82) is 0 Å². The Kier molecular flexibility index (Phi) is 5.31. The fraction of sp³-hybridized carbons (Fsp3) is 0.500. The predicted octanol–water partition coefficient (Wildman–Crippen LogP) is 3.20. The zero-order valence-electron chi connectivity index (χ0n) is 12.9. The molecule has 1 aromatic rings. The molecule has 0 aromatic heterocycles. The first-order valence-electron chi connectivity index (χ1n) is 6.96. The lowest BCUT2D eigenvalue weighted by molar-refractivity contribution is -0.119. The van der Waals surface area contributed by atoms with Gasteiger partial charge in [0, 0.05) is 22.7 Å². The number of nitrogens with one attached hydrogen (secondary N) is 2. The molecule has 0 aliphatic carbocycles. The average Bonchev–Trinajstić information content (AvgIpc) is 2.36. The van der Waals surface area contributed by atoms with Crippen molar-refractivity contribution < 1.29 is 9.59 Å². The second-order valence-electron chi connectivity index (χ2n) is 6.08. The molecule has 1 rings (SSSR count). The number of amides is 2. The molecule has 0 saturated carbocycles. The molecule has 1 atom stereocenters. The van der Waals surface area contributed by atoms with Crippen LogP contribution in [0.4, 0.5) is 5.69 Å². The largest absolute Gasteiger partial charge is 0.347 e. The van der Waals surface area contributed by atoms with Gasteiger partial charge >= 0.3 is 0 Å².